The minimum Gasteiger partial charge on any atom is -0.495 e. The topological polar surface area (TPSA) is 90.4 Å². The fraction of sp³-hybridized carbons (Fsp3) is 0.543. The van der Waals surface area contributed by atoms with Gasteiger partial charge in [-0.25, -0.2) is 4.98 Å². The van der Waals surface area contributed by atoms with E-state index in [1.165, 1.54) is 25.0 Å². The summed E-state index contributed by atoms with van der Waals surface area (Å²) in [7, 11) is 3.07. The summed E-state index contributed by atoms with van der Waals surface area (Å²) in [6.45, 7) is 1.99. The second-order valence-electron chi connectivity index (χ2n) is 12.7. The summed E-state index contributed by atoms with van der Waals surface area (Å²) in [4.78, 5) is 37.9. The molecule has 0 spiro atoms. The van der Waals surface area contributed by atoms with Crippen molar-refractivity contribution in [2.45, 2.75) is 95.4 Å². The van der Waals surface area contributed by atoms with Crippen LogP contribution in [-0.2, 0) is 14.3 Å². The predicted molar refractivity (Wildman–Crippen MR) is 168 cm³/mol. The maximum atomic E-state index is 14.1. The Morgan fingerprint density at radius 1 is 0.977 bits per heavy atom. The van der Waals surface area contributed by atoms with Crippen LogP contribution in [0, 0.1) is 18.3 Å². The van der Waals surface area contributed by atoms with Crippen molar-refractivity contribution in [1.29, 1.82) is 0 Å². The quantitative estimate of drug-likeness (QED) is 0.200. The van der Waals surface area contributed by atoms with Crippen LogP contribution in [-0.4, -0.2) is 36.1 Å². The molecule has 0 saturated heterocycles. The number of carbonyl (C=O) groups is 2. The van der Waals surface area contributed by atoms with Crippen molar-refractivity contribution >= 4 is 23.2 Å². The number of methoxy groups -OCH3 is 2. The van der Waals surface area contributed by atoms with Gasteiger partial charge in [-0.2, -0.15) is 0 Å². The van der Waals surface area contributed by atoms with Crippen molar-refractivity contribution in [2.75, 3.05) is 14.2 Å². The van der Waals surface area contributed by atoms with Gasteiger partial charge in [0.25, 0.3) is 0 Å². The third kappa shape index (κ3) is 6.21. The highest BCUT2D eigenvalue weighted by molar-refractivity contribution is 7.15. The van der Waals surface area contributed by atoms with E-state index >= 15 is 0 Å². The monoisotopic (exact) mass is 601 g/mol. The molecular weight excluding hydrogens is 558 g/mol. The first kappa shape index (κ1) is 29.8. The van der Waals surface area contributed by atoms with E-state index in [2.05, 4.69) is 35.6 Å². The van der Waals surface area contributed by atoms with Gasteiger partial charge in [-0.05, 0) is 93.5 Å². The zero-order valence-corrected chi connectivity index (χ0v) is 26.4. The number of esters is 1. The number of nitrogens with zero attached hydrogens (tertiary/aromatic N) is 2. The molecule has 0 bridgehead atoms. The molecule has 43 heavy (non-hydrogen) atoms. The van der Waals surface area contributed by atoms with Crippen LogP contribution in [0.5, 0.6) is 5.75 Å². The molecule has 3 saturated carbocycles. The molecule has 1 aromatic carbocycles. The van der Waals surface area contributed by atoms with Crippen molar-refractivity contribution in [1.82, 2.24) is 15.3 Å². The van der Waals surface area contributed by atoms with Crippen molar-refractivity contribution in [3.05, 3.63) is 64.6 Å². The molecule has 8 heteroatoms. The number of thiazole rings is 1. The third-order valence-corrected chi connectivity index (χ3v) is 11.1. The van der Waals surface area contributed by atoms with Gasteiger partial charge in [0.05, 0.1) is 35.8 Å². The molecular formula is C35H43N3O4S. The number of rotatable bonds is 9. The van der Waals surface area contributed by atoms with Gasteiger partial charge >= 0.3 is 5.97 Å². The lowest BCUT2D eigenvalue weighted by Crippen LogP contribution is -2.50. The Kier molecular flexibility index (Phi) is 8.85. The second-order valence-corrected chi connectivity index (χ2v) is 13.7. The van der Waals surface area contributed by atoms with Gasteiger partial charge in [0.1, 0.15) is 11.2 Å². The summed E-state index contributed by atoms with van der Waals surface area (Å²) in [5, 5.41) is 4.66. The van der Waals surface area contributed by atoms with E-state index in [1.807, 2.05) is 19.2 Å². The lowest BCUT2D eigenvalue weighted by molar-refractivity contribution is -0.161. The Labute approximate surface area is 258 Å². The van der Waals surface area contributed by atoms with Crippen LogP contribution in [0.1, 0.15) is 110 Å². The lowest BCUT2D eigenvalue weighted by atomic mass is 9.72. The van der Waals surface area contributed by atoms with E-state index in [-0.39, 0.29) is 17.9 Å². The SMILES string of the molecule is COC(=O)C1(C(=O)NC(c2cccc(-c3cnc(C4CC4)s3)c2)C2CCC(c3ccc(OC)c(C)n3)CC2)CCCCC1. The van der Waals surface area contributed by atoms with Gasteiger partial charge in [-0.1, -0.05) is 37.5 Å². The summed E-state index contributed by atoms with van der Waals surface area (Å²) < 4.78 is 10.6. The van der Waals surface area contributed by atoms with Crippen molar-refractivity contribution < 1.29 is 19.1 Å². The first-order chi connectivity index (χ1) is 20.9. The zero-order valence-electron chi connectivity index (χ0n) is 25.6. The molecule has 3 aromatic rings. The normalized spacial score (nSPS) is 22.4. The summed E-state index contributed by atoms with van der Waals surface area (Å²) >= 11 is 1.78. The van der Waals surface area contributed by atoms with Crippen LogP contribution in [0.2, 0.25) is 0 Å². The smallest absolute Gasteiger partial charge is 0.321 e. The van der Waals surface area contributed by atoms with Crippen LogP contribution in [0.25, 0.3) is 10.4 Å². The van der Waals surface area contributed by atoms with Gasteiger partial charge in [0.2, 0.25) is 5.91 Å². The Balaban J connectivity index is 1.27. The number of pyridine rings is 1. The number of ether oxygens (including phenoxy) is 2. The minimum absolute atomic E-state index is 0.183. The summed E-state index contributed by atoms with van der Waals surface area (Å²) in [6, 6.07) is 12.5. The molecule has 3 aliphatic carbocycles. The standard InChI is InChI=1S/C35H43N3O4S/c1-22-29(41-2)17-16-28(37-22)23-10-12-24(13-11-23)31(38-33(39)35(34(40)42-3)18-5-4-6-19-35)27-9-7-8-26(20-27)30-21-36-32(43-30)25-14-15-25/h7-9,16-17,20-21,23-25,31H,4-6,10-15,18-19H2,1-3H3,(H,38,39). The van der Waals surface area contributed by atoms with Crippen LogP contribution in [0.4, 0.5) is 0 Å². The third-order valence-electron chi connectivity index (χ3n) is 9.93. The minimum atomic E-state index is -1.11. The lowest BCUT2D eigenvalue weighted by Gasteiger charge is -2.38. The van der Waals surface area contributed by atoms with E-state index in [9.17, 15) is 9.59 Å². The molecule has 3 fully saturated rings. The van der Waals surface area contributed by atoms with E-state index in [0.29, 0.717) is 24.7 Å². The maximum Gasteiger partial charge on any atom is 0.321 e. The van der Waals surface area contributed by atoms with Crippen LogP contribution < -0.4 is 10.1 Å². The molecule has 6 rings (SSSR count). The molecule has 3 aliphatic rings. The number of hydrogen-bond donors (Lipinski definition) is 1. The largest absolute Gasteiger partial charge is 0.495 e. The van der Waals surface area contributed by atoms with E-state index in [0.717, 1.165) is 78.1 Å². The Bertz CT molecular complexity index is 1450. The Hall–Kier alpha value is -3.26. The number of carbonyl (C=O) groups excluding carboxylic acids is 2. The number of aromatic nitrogens is 2. The summed E-state index contributed by atoms with van der Waals surface area (Å²) in [5.41, 5.74) is 3.14. The Morgan fingerprint density at radius 2 is 1.72 bits per heavy atom. The van der Waals surface area contributed by atoms with Gasteiger partial charge in [0.15, 0.2) is 0 Å². The highest BCUT2D eigenvalue weighted by Crippen LogP contribution is 2.46. The number of amides is 1. The first-order valence-electron chi connectivity index (χ1n) is 15.9. The number of aryl methyl sites for hydroxylation is 1. The van der Waals surface area contributed by atoms with Crippen LogP contribution in [0.3, 0.4) is 0 Å². The molecule has 0 radical (unpaired) electrons. The molecule has 2 heterocycles. The molecule has 2 aromatic heterocycles. The molecule has 228 valence electrons. The fourth-order valence-corrected chi connectivity index (χ4v) is 8.30. The van der Waals surface area contributed by atoms with E-state index < -0.39 is 11.4 Å². The average Bonchev–Trinajstić information content (AvgIpc) is 3.79. The van der Waals surface area contributed by atoms with Gasteiger partial charge in [-0.3, -0.25) is 14.6 Å². The summed E-state index contributed by atoms with van der Waals surface area (Å²) in [6.07, 6.45) is 12.2. The van der Waals surface area contributed by atoms with Crippen LogP contribution in [0.15, 0.2) is 42.6 Å². The molecule has 1 N–H and O–H groups in total. The van der Waals surface area contributed by atoms with Crippen molar-refractivity contribution in [3.8, 4) is 16.2 Å². The molecule has 7 nitrogen and oxygen atoms in total. The first-order valence-corrected chi connectivity index (χ1v) is 16.7. The average molecular weight is 602 g/mol. The Morgan fingerprint density at radius 3 is 2.40 bits per heavy atom. The maximum absolute atomic E-state index is 14.1. The molecule has 1 unspecified atom stereocenters. The fourth-order valence-electron chi connectivity index (χ4n) is 7.21. The molecule has 0 aliphatic heterocycles. The van der Waals surface area contributed by atoms with Crippen LogP contribution >= 0.6 is 11.3 Å². The predicted octanol–water partition coefficient (Wildman–Crippen LogP) is 7.65. The van der Waals surface area contributed by atoms with E-state index in [1.54, 1.807) is 18.4 Å². The van der Waals surface area contributed by atoms with Crippen molar-refractivity contribution in [2.24, 2.45) is 11.3 Å². The van der Waals surface area contributed by atoms with E-state index in [4.69, 9.17) is 19.4 Å². The summed E-state index contributed by atoms with van der Waals surface area (Å²) in [5.74, 6) is 1.47. The van der Waals surface area contributed by atoms with Gasteiger partial charge < -0.3 is 14.8 Å². The van der Waals surface area contributed by atoms with Crippen molar-refractivity contribution in [3.63, 3.8) is 0 Å². The highest BCUT2D eigenvalue weighted by atomic mass is 32.1. The number of benzene rings is 1. The number of nitrogens with one attached hydrogen (secondary N) is 1. The molecule has 1 amide bonds. The second kappa shape index (κ2) is 12.8. The molecule has 1 atom stereocenters. The van der Waals surface area contributed by atoms with Gasteiger partial charge in [0, 0.05) is 23.7 Å². The van der Waals surface area contributed by atoms with Gasteiger partial charge in [-0.15, -0.1) is 11.3 Å². The zero-order chi connectivity index (χ0) is 30.0. The number of hydrogen-bond acceptors (Lipinski definition) is 7. The highest BCUT2D eigenvalue weighted by Gasteiger charge is 2.48.